The Bertz CT molecular complexity index is 1150. The topological polar surface area (TPSA) is 86.8 Å². The fourth-order valence-corrected chi connectivity index (χ4v) is 5.17. The third-order valence-corrected chi connectivity index (χ3v) is 7.26. The second-order valence-corrected chi connectivity index (χ2v) is 9.68. The van der Waals surface area contributed by atoms with Crippen LogP contribution in [0.15, 0.2) is 24.3 Å². The molecule has 0 spiro atoms. The van der Waals surface area contributed by atoms with Crippen LogP contribution in [-0.2, 0) is 11.3 Å². The highest BCUT2D eigenvalue weighted by Gasteiger charge is 2.30. The number of nitrogens with zero attached hydrogens (tertiary/aromatic N) is 3. The number of anilines is 1. The summed E-state index contributed by atoms with van der Waals surface area (Å²) in [5.74, 6) is -1.48. The Labute approximate surface area is 209 Å². The Morgan fingerprint density at radius 3 is 2.58 bits per heavy atom. The number of carbonyl (C=O) groups excluding carboxylic acids is 2. The van der Waals surface area contributed by atoms with Crippen LogP contribution in [0.4, 0.5) is 14.5 Å². The highest BCUT2D eigenvalue weighted by molar-refractivity contribution is 5.98. The molecular formula is C26H31F2N5O3. The molecule has 2 amide bonds. The van der Waals surface area contributed by atoms with E-state index in [1.165, 1.54) is 0 Å². The summed E-state index contributed by atoms with van der Waals surface area (Å²) in [4.78, 5) is 30.5. The van der Waals surface area contributed by atoms with Crippen molar-refractivity contribution in [2.75, 3.05) is 31.5 Å². The maximum Gasteiger partial charge on any atom is 0.284 e. The first-order chi connectivity index (χ1) is 17.4. The van der Waals surface area contributed by atoms with Crippen molar-refractivity contribution in [3.8, 4) is 5.75 Å². The molecule has 10 heteroatoms. The van der Waals surface area contributed by atoms with Crippen molar-refractivity contribution >= 4 is 17.5 Å². The number of ether oxygens (including phenoxy) is 1. The van der Waals surface area contributed by atoms with E-state index in [9.17, 15) is 14.0 Å². The van der Waals surface area contributed by atoms with Crippen LogP contribution in [0.1, 0.15) is 66.6 Å². The SMILES string of the molecule is CCC1Oc2ccc(CN3CCC(c4ccc(C(=O)NN5CCCC5)nc4F)CC3)c(F)c2NC1=O. The van der Waals surface area contributed by atoms with Crippen LogP contribution in [0, 0.1) is 11.8 Å². The number of piperidine rings is 1. The molecular weight excluding hydrogens is 468 g/mol. The number of pyridine rings is 1. The Balaban J connectivity index is 1.19. The largest absolute Gasteiger partial charge is 0.478 e. The van der Waals surface area contributed by atoms with Crippen LogP contribution >= 0.6 is 0 Å². The van der Waals surface area contributed by atoms with E-state index in [0.717, 1.165) is 25.9 Å². The number of likely N-dealkylation sites (tertiary alicyclic amines) is 1. The second-order valence-electron chi connectivity index (χ2n) is 9.68. The predicted molar refractivity (Wildman–Crippen MR) is 129 cm³/mol. The quantitative estimate of drug-likeness (QED) is 0.591. The maximum atomic E-state index is 15.1. The minimum atomic E-state index is -0.607. The van der Waals surface area contributed by atoms with E-state index in [4.69, 9.17) is 4.74 Å². The smallest absolute Gasteiger partial charge is 0.284 e. The molecule has 0 saturated carbocycles. The molecule has 8 nitrogen and oxygen atoms in total. The van der Waals surface area contributed by atoms with Crippen LogP contribution in [0.2, 0.25) is 0 Å². The lowest BCUT2D eigenvalue weighted by molar-refractivity contribution is -0.123. The molecule has 1 atom stereocenters. The molecule has 2 fully saturated rings. The molecule has 2 aromatic rings. The first kappa shape index (κ1) is 24.6. The van der Waals surface area contributed by atoms with Gasteiger partial charge in [0, 0.05) is 30.8 Å². The Morgan fingerprint density at radius 2 is 1.89 bits per heavy atom. The zero-order valence-electron chi connectivity index (χ0n) is 20.4. The fraction of sp³-hybridized carbons (Fsp3) is 0.500. The number of hydrazine groups is 1. The standard InChI is InChI=1S/C26H31F2N5O3/c1-2-20-26(35)30-23-21(36-20)8-5-17(22(23)27)15-32-13-9-16(10-14-32)18-6-7-19(29-24(18)28)25(34)31-33-11-3-4-12-33/h5-8,16,20H,2-4,9-15H2,1H3,(H,30,35)(H,31,34). The molecule has 192 valence electrons. The Hall–Kier alpha value is -3.11. The molecule has 0 radical (unpaired) electrons. The summed E-state index contributed by atoms with van der Waals surface area (Å²) in [5, 5.41) is 4.47. The molecule has 36 heavy (non-hydrogen) atoms. The minimum Gasteiger partial charge on any atom is -0.478 e. The third kappa shape index (κ3) is 5.05. The first-order valence-corrected chi connectivity index (χ1v) is 12.7. The van der Waals surface area contributed by atoms with Gasteiger partial charge in [0.05, 0.1) is 0 Å². The summed E-state index contributed by atoms with van der Waals surface area (Å²) in [7, 11) is 0. The van der Waals surface area contributed by atoms with E-state index in [2.05, 4.69) is 20.6 Å². The molecule has 4 heterocycles. The zero-order chi connectivity index (χ0) is 25.2. The number of fused-ring (bicyclic) bond motifs is 1. The van der Waals surface area contributed by atoms with Gasteiger partial charge in [0.2, 0.25) is 5.95 Å². The summed E-state index contributed by atoms with van der Waals surface area (Å²) in [6.45, 7) is 5.14. The Morgan fingerprint density at radius 1 is 1.14 bits per heavy atom. The average molecular weight is 500 g/mol. The molecule has 3 aliphatic rings. The number of hydrogen-bond acceptors (Lipinski definition) is 6. The Kier molecular flexibility index (Phi) is 7.15. The van der Waals surface area contributed by atoms with Crippen LogP contribution in [0.3, 0.4) is 0 Å². The lowest BCUT2D eigenvalue weighted by atomic mass is 9.90. The fourth-order valence-electron chi connectivity index (χ4n) is 5.17. The van der Waals surface area contributed by atoms with Crippen LogP contribution in [0.5, 0.6) is 5.75 Å². The van der Waals surface area contributed by atoms with Gasteiger partial charge in [0.15, 0.2) is 11.9 Å². The molecule has 2 saturated heterocycles. The van der Waals surface area contributed by atoms with Gasteiger partial charge in [-0.2, -0.15) is 4.39 Å². The van der Waals surface area contributed by atoms with Crippen molar-refractivity contribution in [2.45, 2.75) is 57.6 Å². The van der Waals surface area contributed by atoms with Gasteiger partial charge in [0.25, 0.3) is 11.8 Å². The van der Waals surface area contributed by atoms with E-state index in [-0.39, 0.29) is 23.2 Å². The van der Waals surface area contributed by atoms with Crippen molar-refractivity contribution in [1.82, 2.24) is 20.3 Å². The van der Waals surface area contributed by atoms with E-state index in [0.29, 0.717) is 55.8 Å². The lowest BCUT2D eigenvalue weighted by Gasteiger charge is -2.33. The van der Waals surface area contributed by atoms with E-state index in [1.54, 1.807) is 24.3 Å². The summed E-state index contributed by atoms with van der Waals surface area (Å²) < 4.78 is 35.6. The number of rotatable bonds is 6. The molecule has 2 N–H and O–H groups in total. The number of amides is 2. The third-order valence-electron chi connectivity index (χ3n) is 7.26. The number of nitrogens with one attached hydrogen (secondary N) is 2. The lowest BCUT2D eigenvalue weighted by Crippen LogP contribution is -2.40. The average Bonchev–Trinajstić information content (AvgIpc) is 3.39. The molecule has 1 aromatic carbocycles. The van der Waals surface area contributed by atoms with Crippen molar-refractivity contribution < 1.29 is 23.1 Å². The number of carbonyl (C=O) groups is 2. The van der Waals surface area contributed by atoms with Gasteiger partial charge in [-0.05, 0) is 63.2 Å². The van der Waals surface area contributed by atoms with E-state index >= 15 is 4.39 Å². The monoisotopic (exact) mass is 499 g/mol. The number of benzene rings is 1. The first-order valence-electron chi connectivity index (χ1n) is 12.7. The van der Waals surface area contributed by atoms with Crippen molar-refractivity contribution in [3.05, 3.63) is 52.9 Å². The normalized spacial score (nSPS) is 21.1. The maximum absolute atomic E-state index is 15.1. The van der Waals surface area contributed by atoms with Crippen LogP contribution < -0.4 is 15.5 Å². The number of hydrogen-bond donors (Lipinski definition) is 2. The van der Waals surface area contributed by atoms with E-state index < -0.39 is 23.8 Å². The summed E-state index contributed by atoms with van der Waals surface area (Å²) in [5.41, 5.74) is 3.94. The highest BCUT2D eigenvalue weighted by atomic mass is 19.1. The summed E-state index contributed by atoms with van der Waals surface area (Å²) >= 11 is 0. The van der Waals surface area contributed by atoms with Gasteiger partial charge in [-0.3, -0.25) is 19.9 Å². The van der Waals surface area contributed by atoms with Gasteiger partial charge in [-0.15, -0.1) is 0 Å². The summed E-state index contributed by atoms with van der Waals surface area (Å²) in [6, 6.07) is 6.64. The van der Waals surface area contributed by atoms with Gasteiger partial charge in [0.1, 0.15) is 17.1 Å². The predicted octanol–water partition coefficient (Wildman–Crippen LogP) is 3.59. The summed E-state index contributed by atoms with van der Waals surface area (Å²) in [6.07, 6.45) is 3.36. The molecule has 5 rings (SSSR count). The highest BCUT2D eigenvalue weighted by Crippen LogP contribution is 2.36. The van der Waals surface area contributed by atoms with Crippen molar-refractivity contribution in [3.63, 3.8) is 0 Å². The minimum absolute atomic E-state index is 0.0171. The van der Waals surface area contributed by atoms with Crippen LogP contribution in [0.25, 0.3) is 0 Å². The van der Waals surface area contributed by atoms with Gasteiger partial charge < -0.3 is 10.1 Å². The van der Waals surface area contributed by atoms with E-state index in [1.807, 2.05) is 11.9 Å². The molecule has 0 bridgehead atoms. The molecule has 1 unspecified atom stereocenters. The van der Waals surface area contributed by atoms with Crippen molar-refractivity contribution in [2.24, 2.45) is 0 Å². The zero-order valence-corrected chi connectivity index (χ0v) is 20.4. The number of aromatic nitrogens is 1. The van der Waals surface area contributed by atoms with Gasteiger partial charge in [-0.25, -0.2) is 14.4 Å². The second kappa shape index (κ2) is 10.5. The molecule has 3 aliphatic heterocycles. The number of halogens is 2. The van der Waals surface area contributed by atoms with Gasteiger partial charge in [-0.1, -0.05) is 19.1 Å². The van der Waals surface area contributed by atoms with Crippen LogP contribution in [-0.4, -0.2) is 59.0 Å². The molecule has 0 aliphatic carbocycles. The van der Waals surface area contributed by atoms with Gasteiger partial charge >= 0.3 is 0 Å². The molecule has 1 aromatic heterocycles. The van der Waals surface area contributed by atoms with Crippen molar-refractivity contribution in [1.29, 1.82) is 0 Å².